The molecule has 0 heterocycles. The molecule has 0 aliphatic carbocycles. The molecule has 0 N–H and O–H groups in total. The third-order valence-corrected chi connectivity index (χ3v) is 4.02. The minimum atomic E-state index is -0.465. The maximum Gasteiger partial charge on any atom is 0.126 e. The fourth-order valence-electron chi connectivity index (χ4n) is 2.59. The van der Waals surface area contributed by atoms with Crippen molar-refractivity contribution >= 4 is 0 Å². The largest absolute Gasteiger partial charge is 0.207 e. The van der Waals surface area contributed by atoms with E-state index < -0.39 is 5.41 Å². The van der Waals surface area contributed by atoms with E-state index in [1.54, 1.807) is 6.07 Å². The molecule has 2 heteroatoms. The Morgan fingerprint density at radius 3 is 2.35 bits per heavy atom. The molecule has 0 aliphatic heterocycles. The van der Waals surface area contributed by atoms with Gasteiger partial charge in [0.25, 0.3) is 0 Å². The van der Waals surface area contributed by atoms with E-state index >= 15 is 0 Å². The highest BCUT2D eigenvalue weighted by molar-refractivity contribution is 5.33. The van der Waals surface area contributed by atoms with E-state index in [1.807, 2.05) is 33.8 Å². The number of aryl methyl sites for hydroxylation is 1. The fraction of sp³-hybridized carbons (Fsp3) is 0.533. The molecule has 1 rings (SSSR count). The number of rotatable bonds is 4. The van der Waals surface area contributed by atoms with Crippen molar-refractivity contribution in [3.05, 3.63) is 35.1 Å². The molecular weight excluding hydrogens is 213 g/mol. The van der Waals surface area contributed by atoms with Crippen molar-refractivity contribution in [1.82, 2.24) is 0 Å². The first kappa shape index (κ1) is 13.7. The van der Waals surface area contributed by atoms with E-state index in [2.05, 4.69) is 6.07 Å². The van der Waals surface area contributed by atoms with Gasteiger partial charge in [-0.15, -0.1) is 0 Å². The fourth-order valence-corrected chi connectivity index (χ4v) is 2.59. The first-order valence-electron chi connectivity index (χ1n) is 6.18. The van der Waals surface area contributed by atoms with Crippen LogP contribution in [0.15, 0.2) is 18.2 Å². The SMILES string of the molecule is CCC(C#N)(CC)[C@@H](C)c1c(C)cccc1F. The van der Waals surface area contributed by atoms with Gasteiger partial charge in [0.15, 0.2) is 0 Å². The molecule has 1 nitrogen and oxygen atoms in total. The molecule has 1 atom stereocenters. The highest BCUT2D eigenvalue weighted by atomic mass is 19.1. The lowest BCUT2D eigenvalue weighted by molar-refractivity contribution is 0.298. The van der Waals surface area contributed by atoms with Crippen LogP contribution in [0, 0.1) is 29.5 Å². The van der Waals surface area contributed by atoms with Crippen LogP contribution in [-0.4, -0.2) is 0 Å². The van der Waals surface area contributed by atoms with Gasteiger partial charge in [0.05, 0.1) is 11.5 Å². The van der Waals surface area contributed by atoms with Crippen molar-refractivity contribution in [2.75, 3.05) is 0 Å². The summed E-state index contributed by atoms with van der Waals surface area (Å²) in [4.78, 5) is 0. The average Bonchev–Trinajstić information content (AvgIpc) is 2.32. The number of halogens is 1. The quantitative estimate of drug-likeness (QED) is 0.747. The van der Waals surface area contributed by atoms with Crippen molar-refractivity contribution in [1.29, 1.82) is 5.26 Å². The second-order valence-electron chi connectivity index (χ2n) is 4.67. The minimum absolute atomic E-state index is 0.0799. The lowest BCUT2D eigenvalue weighted by atomic mass is 9.69. The summed E-state index contributed by atoms with van der Waals surface area (Å²) in [5, 5.41) is 9.42. The molecule has 0 saturated carbocycles. The second-order valence-corrected chi connectivity index (χ2v) is 4.67. The summed E-state index contributed by atoms with van der Waals surface area (Å²) < 4.78 is 13.9. The van der Waals surface area contributed by atoms with E-state index in [9.17, 15) is 9.65 Å². The standard InChI is InChI=1S/C15H20FN/c1-5-15(6-2,10-17)12(4)14-11(3)8-7-9-13(14)16/h7-9,12H,5-6H2,1-4H3/t12-/m0/s1. The number of hydrogen-bond donors (Lipinski definition) is 0. The van der Waals surface area contributed by atoms with Crippen LogP contribution in [-0.2, 0) is 0 Å². The van der Waals surface area contributed by atoms with Gasteiger partial charge in [-0.3, -0.25) is 0 Å². The summed E-state index contributed by atoms with van der Waals surface area (Å²) in [6.45, 7) is 7.86. The monoisotopic (exact) mass is 233 g/mol. The van der Waals surface area contributed by atoms with E-state index in [-0.39, 0.29) is 11.7 Å². The first-order chi connectivity index (χ1) is 8.02. The van der Waals surface area contributed by atoms with Gasteiger partial charge < -0.3 is 0 Å². The van der Waals surface area contributed by atoms with Crippen LogP contribution in [0.1, 0.15) is 50.7 Å². The average molecular weight is 233 g/mol. The third kappa shape index (κ3) is 2.34. The van der Waals surface area contributed by atoms with E-state index in [4.69, 9.17) is 0 Å². The van der Waals surface area contributed by atoms with Gasteiger partial charge in [-0.05, 0) is 37.0 Å². The van der Waals surface area contributed by atoms with Gasteiger partial charge in [0, 0.05) is 5.92 Å². The number of nitriles is 1. The maximum absolute atomic E-state index is 13.9. The minimum Gasteiger partial charge on any atom is -0.207 e. The Morgan fingerprint density at radius 2 is 1.94 bits per heavy atom. The van der Waals surface area contributed by atoms with Crippen LogP contribution in [0.2, 0.25) is 0 Å². The number of hydrogen-bond acceptors (Lipinski definition) is 1. The molecule has 0 aliphatic rings. The zero-order valence-corrected chi connectivity index (χ0v) is 11.0. The van der Waals surface area contributed by atoms with Crippen molar-refractivity contribution in [3.8, 4) is 6.07 Å². The zero-order valence-electron chi connectivity index (χ0n) is 11.0. The molecular formula is C15H20FN. The normalized spacial score (nSPS) is 13.2. The van der Waals surface area contributed by atoms with E-state index in [0.717, 1.165) is 18.4 Å². The molecule has 92 valence electrons. The Hall–Kier alpha value is -1.36. The van der Waals surface area contributed by atoms with Crippen molar-refractivity contribution in [2.45, 2.75) is 46.5 Å². The first-order valence-corrected chi connectivity index (χ1v) is 6.18. The van der Waals surface area contributed by atoms with Crippen LogP contribution in [0.3, 0.4) is 0 Å². The number of nitrogens with zero attached hydrogens (tertiary/aromatic N) is 1. The Kier molecular flexibility index (Phi) is 4.28. The third-order valence-electron chi connectivity index (χ3n) is 4.02. The Labute approximate surface area is 103 Å². The van der Waals surface area contributed by atoms with Crippen LogP contribution in [0.5, 0.6) is 0 Å². The van der Waals surface area contributed by atoms with Gasteiger partial charge in [-0.2, -0.15) is 5.26 Å². The predicted octanol–water partition coefficient (Wildman–Crippen LogP) is 4.57. The van der Waals surface area contributed by atoms with Gasteiger partial charge in [0.2, 0.25) is 0 Å². The smallest absolute Gasteiger partial charge is 0.126 e. The maximum atomic E-state index is 13.9. The topological polar surface area (TPSA) is 23.8 Å². The van der Waals surface area contributed by atoms with Crippen molar-refractivity contribution in [3.63, 3.8) is 0 Å². The summed E-state index contributed by atoms with van der Waals surface area (Å²) in [7, 11) is 0. The second kappa shape index (κ2) is 5.31. The summed E-state index contributed by atoms with van der Waals surface area (Å²) in [5.41, 5.74) is 1.16. The predicted molar refractivity (Wildman–Crippen MR) is 68.2 cm³/mol. The van der Waals surface area contributed by atoms with Crippen molar-refractivity contribution in [2.24, 2.45) is 5.41 Å². The van der Waals surface area contributed by atoms with Gasteiger partial charge in [-0.1, -0.05) is 32.9 Å². The van der Waals surface area contributed by atoms with Crippen LogP contribution in [0.25, 0.3) is 0 Å². The molecule has 1 aromatic rings. The van der Waals surface area contributed by atoms with Crippen LogP contribution >= 0.6 is 0 Å². The molecule has 0 spiro atoms. The van der Waals surface area contributed by atoms with Gasteiger partial charge >= 0.3 is 0 Å². The summed E-state index contributed by atoms with van der Waals surface area (Å²) in [5.74, 6) is -0.275. The number of benzene rings is 1. The molecule has 0 amide bonds. The Balaban J connectivity index is 3.29. The molecule has 0 saturated heterocycles. The highest BCUT2D eigenvalue weighted by Crippen LogP contribution is 2.42. The molecule has 17 heavy (non-hydrogen) atoms. The Bertz CT molecular complexity index is 407. The van der Waals surface area contributed by atoms with E-state index in [1.165, 1.54) is 6.07 Å². The summed E-state index contributed by atoms with van der Waals surface area (Å²) in [6.07, 6.45) is 1.49. The van der Waals surface area contributed by atoms with E-state index in [0.29, 0.717) is 5.56 Å². The van der Waals surface area contributed by atoms with Crippen LogP contribution in [0.4, 0.5) is 4.39 Å². The molecule has 0 bridgehead atoms. The molecule has 1 aromatic carbocycles. The van der Waals surface area contributed by atoms with Gasteiger partial charge in [0.1, 0.15) is 5.82 Å². The molecule has 0 radical (unpaired) electrons. The molecule has 0 unspecified atom stereocenters. The van der Waals surface area contributed by atoms with Crippen LogP contribution < -0.4 is 0 Å². The molecule has 0 fully saturated rings. The summed E-state index contributed by atoms with van der Waals surface area (Å²) >= 11 is 0. The summed E-state index contributed by atoms with van der Waals surface area (Å²) in [6, 6.07) is 7.50. The molecule has 0 aromatic heterocycles. The van der Waals surface area contributed by atoms with Gasteiger partial charge in [-0.25, -0.2) is 4.39 Å². The Morgan fingerprint density at radius 1 is 1.35 bits per heavy atom. The lowest BCUT2D eigenvalue weighted by Gasteiger charge is -2.32. The zero-order chi connectivity index (χ0) is 13.1. The van der Waals surface area contributed by atoms with Crippen molar-refractivity contribution < 1.29 is 4.39 Å². The highest BCUT2D eigenvalue weighted by Gasteiger charge is 2.35. The lowest BCUT2D eigenvalue weighted by Crippen LogP contribution is -2.25.